The Kier molecular flexibility index (Phi) is 7.19. The molecule has 1 rings (SSSR count). The second kappa shape index (κ2) is 8.17. The molecule has 8 heteroatoms. The first-order valence-electron chi connectivity index (χ1n) is 6.90. The van der Waals surface area contributed by atoms with Crippen molar-refractivity contribution in [3.05, 3.63) is 32.1 Å². The number of aromatic nitrogens is 2. The molecule has 0 aliphatic rings. The van der Waals surface area contributed by atoms with Gasteiger partial charge in [-0.25, -0.2) is 4.79 Å². The minimum absolute atomic E-state index is 0.0120. The highest BCUT2D eigenvalue weighted by molar-refractivity contribution is 6.76. The molecule has 0 amide bonds. The summed E-state index contributed by atoms with van der Waals surface area (Å²) in [6.07, 6.45) is 1.87. The molecule has 1 aromatic heterocycles. The molecule has 21 heavy (non-hydrogen) atoms. The summed E-state index contributed by atoms with van der Waals surface area (Å²) in [5, 5.41) is 0.0120. The number of hydrogen-bond donors (Lipinski definition) is 0. The molecule has 0 bridgehead atoms. The number of halogens is 2. The van der Waals surface area contributed by atoms with Crippen molar-refractivity contribution in [2.24, 2.45) is 0 Å². The summed E-state index contributed by atoms with van der Waals surface area (Å²) in [6.45, 7) is 7.73. The predicted octanol–water partition coefficient (Wildman–Crippen LogP) is 2.60. The fourth-order valence-electron chi connectivity index (χ4n) is 1.67. The average Bonchev–Trinajstić information content (AvgIpc) is 2.39. The average molecular weight is 353 g/mol. The van der Waals surface area contributed by atoms with E-state index in [2.05, 4.69) is 19.6 Å². The first-order valence-corrected chi connectivity index (χ1v) is 11.5. The molecule has 0 saturated heterocycles. The first-order chi connectivity index (χ1) is 9.76. The number of rotatable bonds is 8. The van der Waals surface area contributed by atoms with E-state index in [1.165, 1.54) is 10.8 Å². The Morgan fingerprint density at radius 2 is 1.95 bits per heavy atom. The molecule has 120 valence electrons. The van der Waals surface area contributed by atoms with Crippen LogP contribution in [-0.4, -0.2) is 29.7 Å². The van der Waals surface area contributed by atoms with Crippen LogP contribution in [0.4, 0.5) is 0 Å². The van der Waals surface area contributed by atoms with Gasteiger partial charge in [-0.05, 0) is 12.5 Å². The van der Waals surface area contributed by atoms with Crippen LogP contribution in [0, 0.1) is 0 Å². The van der Waals surface area contributed by atoms with E-state index in [1.807, 2.05) is 0 Å². The Labute approximate surface area is 135 Å². The van der Waals surface area contributed by atoms with Crippen LogP contribution < -0.4 is 11.2 Å². The molecule has 0 radical (unpaired) electrons. The molecule has 0 aromatic carbocycles. The molecule has 1 aromatic rings. The first kappa shape index (κ1) is 18.5. The van der Waals surface area contributed by atoms with Gasteiger partial charge in [0, 0.05) is 33.3 Å². The summed E-state index contributed by atoms with van der Waals surface area (Å²) in [6, 6.07) is 1.02. The van der Waals surface area contributed by atoms with E-state index in [4.69, 9.17) is 27.9 Å². The quantitative estimate of drug-likeness (QED) is 0.410. The van der Waals surface area contributed by atoms with Gasteiger partial charge in [-0.1, -0.05) is 31.2 Å². The fourth-order valence-corrected chi connectivity index (χ4v) is 2.76. The summed E-state index contributed by atoms with van der Waals surface area (Å²) in [5.74, 6) is 0.380. The Hall–Kier alpha value is -0.563. The predicted molar refractivity (Wildman–Crippen MR) is 89.4 cm³/mol. The van der Waals surface area contributed by atoms with Gasteiger partial charge in [-0.15, -0.1) is 11.6 Å². The summed E-state index contributed by atoms with van der Waals surface area (Å²) < 4.78 is 7.95. The largest absolute Gasteiger partial charge is 0.361 e. The smallest absolute Gasteiger partial charge is 0.332 e. The van der Waals surface area contributed by atoms with Gasteiger partial charge in [0.25, 0.3) is 5.56 Å². The molecule has 0 saturated carbocycles. The van der Waals surface area contributed by atoms with Gasteiger partial charge >= 0.3 is 5.69 Å². The number of nitrogens with zero attached hydrogens (tertiary/aromatic N) is 2. The molecule has 0 unspecified atom stereocenters. The van der Waals surface area contributed by atoms with Crippen LogP contribution in [0.5, 0.6) is 0 Å². The van der Waals surface area contributed by atoms with Crippen LogP contribution in [0.2, 0.25) is 30.7 Å². The van der Waals surface area contributed by atoms with E-state index in [1.54, 1.807) is 0 Å². The minimum atomic E-state index is -1.17. The minimum Gasteiger partial charge on any atom is -0.361 e. The fraction of sp³-hybridized carbons (Fsp3) is 0.692. The molecule has 0 spiro atoms. The van der Waals surface area contributed by atoms with Gasteiger partial charge in [-0.3, -0.25) is 13.9 Å². The zero-order valence-electron chi connectivity index (χ0n) is 12.7. The molecule has 5 nitrogen and oxygen atoms in total. The van der Waals surface area contributed by atoms with Gasteiger partial charge in [0.1, 0.15) is 11.8 Å². The molecular weight excluding hydrogens is 331 g/mol. The van der Waals surface area contributed by atoms with Crippen molar-refractivity contribution in [2.45, 2.75) is 45.4 Å². The Morgan fingerprint density at radius 1 is 1.29 bits per heavy atom. The highest BCUT2D eigenvalue weighted by Crippen LogP contribution is 2.07. The van der Waals surface area contributed by atoms with Gasteiger partial charge in [0.2, 0.25) is 0 Å². The maximum atomic E-state index is 12.2. The van der Waals surface area contributed by atoms with Crippen LogP contribution in [-0.2, 0) is 18.0 Å². The second-order valence-electron chi connectivity index (χ2n) is 6.08. The summed E-state index contributed by atoms with van der Waals surface area (Å²) in [7, 11) is -1.17. The topological polar surface area (TPSA) is 53.2 Å². The van der Waals surface area contributed by atoms with Crippen LogP contribution in [0.3, 0.4) is 0 Å². The summed E-state index contributed by atoms with van der Waals surface area (Å²) in [5.41, 5.74) is -0.896. The SMILES string of the molecule is C[Si](C)(C)CCOCn1cc(Cl)c(=O)n(CCCCl)c1=O. The lowest BCUT2D eigenvalue weighted by atomic mass is 10.4. The Bertz CT molecular complexity index is 578. The van der Waals surface area contributed by atoms with Crippen molar-refractivity contribution >= 4 is 31.3 Å². The third kappa shape index (κ3) is 5.98. The van der Waals surface area contributed by atoms with E-state index >= 15 is 0 Å². The van der Waals surface area contributed by atoms with Gasteiger partial charge in [0.05, 0.1) is 0 Å². The van der Waals surface area contributed by atoms with Gasteiger partial charge in [0.15, 0.2) is 0 Å². The molecule has 0 N–H and O–H groups in total. The summed E-state index contributed by atoms with van der Waals surface area (Å²) in [4.78, 5) is 24.0. The number of hydrogen-bond acceptors (Lipinski definition) is 3. The molecule has 0 atom stereocenters. The molecule has 0 fully saturated rings. The molecule has 0 aliphatic heterocycles. The molecule has 0 aliphatic carbocycles. The van der Waals surface area contributed by atoms with E-state index in [-0.39, 0.29) is 18.3 Å². The highest BCUT2D eigenvalue weighted by Gasteiger charge is 2.13. The number of alkyl halides is 1. The lowest BCUT2D eigenvalue weighted by Gasteiger charge is -2.16. The lowest BCUT2D eigenvalue weighted by Crippen LogP contribution is -2.40. The van der Waals surface area contributed by atoms with Crippen molar-refractivity contribution in [3.63, 3.8) is 0 Å². The van der Waals surface area contributed by atoms with Crippen molar-refractivity contribution in [1.29, 1.82) is 0 Å². The van der Waals surface area contributed by atoms with Crippen molar-refractivity contribution in [1.82, 2.24) is 9.13 Å². The van der Waals surface area contributed by atoms with Crippen LogP contribution in [0.1, 0.15) is 6.42 Å². The third-order valence-corrected chi connectivity index (χ3v) is 5.17. The second-order valence-corrected chi connectivity index (χ2v) is 12.5. The maximum Gasteiger partial charge on any atom is 0.332 e. The normalized spacial score (nSPS) is 11.9. The van der Waals surface area contributed by atoms with E-state index < -0.39 is 19.3 Å². The van der Waals surface area contributed by atoms with Crippen LogP contribution in [0.15, 0.2) is 15.8 Å². The van der Waals surface area contributed by atoms with E-state index in [0.29, 0.717) is 18.9 Å². The third-order valence-electron chi connectivity index (χ3n) is 2.94. The zero-order valence-corrected chi connectivity index (χ0v) is 15.2. The monoisotopic (exact) mass is 352 g/mol. The van der Waals surface area contributed by atoms with E-state index in [9.17, 15) is 9.59 Å². The standard InChI is InChI=1S/C13H22Cl2N2O3Si/c1-21(2,3)8-7-20-10-16-9-11(15)12(18)17(13(16)19)6-4-5-14/h9H,4-8,10H2,1-3H3. The van der Waals surface area contributed by atoms with Crippen LogP contribution in [0.25, 0.3) is 0 Å². The molecular formula is C13H22Cl2N2O3Si. The molecule has 1 heterocycles. The Morgan fingerprint density at radius 3 is 2.52 bits per heavy atom. The van der Waals surface area contributed by atoms with Crippen molar-refractivity contribution in [2.75, 3.05) is 12.5 Å². The Balaban J connectivity index is 2.81. The lowest BCUT2D eigenvalue weighted by molar-refractivity contribution is 0.0825. The summed E-state index contributed by atoms with van der Waals surface area (Å²) >= 11 is 11.5. The zero-order chi connectivity index (χ0) is 16.0. The van der Waals surface area contributed by atoms with Gasteiger partial charge in [-0.2, -0.15) is 0 Å². The van der Waals surface area contributed by atoms with Crippen molar-refractivity contribution in [3.8, 4) is 0 Å². The van der Waals surface area contributed by atoms with Crippen molar-refractivity contribution < 1.29 is 4.74 Å². The van der Waals surface area contributed by atoms with E-state index in [0.717, 1.165) is 10.6 Å². The van der Waals surface area contributed by atoms with Crippen LogP contribution >= 0.6 is 23.2 Å². The highest BCUT2D eigenvalue weighted by atomic mass is 35.5. The van der Waals surface area contributed by atoms with Gasteiger partial charge < -0.3 is 4.74 Å². The number of ether oxygens (including phenoxy) is 1. The maximum absolute atomic E-state index is 12.2.